The van der Waals surface area contributed by atoms with Crippen molar-refractivity contribution in [2.24, 2.45) is 5.11 Å². The van der Waals surface area contributed by atoms with E-state index >= 15 is 0 Å². The van der Waals surface area contributed by atoms with E-state index in [9.17, 15) is 0 Å². The first-order chi connectivity index (χ1) is 8.40. The highest BCUT2D eigenvalue weighted by Crippen LogP contribution is 2.19. The Morgan fingerprint density at radius 3 is 2.88 bits per heavy atom. The molecule has 2 aromatic rings. The largest absolute Gasteiger partial charge is 0.135 e. The quantitative estimate of drug-likeness (QED) is 0.325. The van der Waals surface area contributed by atoms with Crippen molar-refractivity contribution in [2.75, 3.05) is 0 Å². The summed E-state index contributed by atoms with van der Waals surface area (Å²) in [6.07, 6.45) is 0.590. The van der Waals surface area contributed by atoms with Crippen molar-refractivity contribution in [3.63, 3.8) is 0 Å². The molecule has 0 N–H and O–H groups in total. The summed E-state index contributed by atoms with van der Waals surface area (Å²) >= 11 is 1.62. The SMILES string of the molecule is [N-]=[N+]=Nc1ccccc1CC#Cc1cccs1. The van der Waals surface area contributed by atoms with E-state index in [2.05, 4.69) is 21.9 Å². The molecule has 1 aromatic heterocycles. The van der Waals surface area contributed by atoms with Crippen molar-refractivity contribution < 1.29 is 0 Å². The summed E-state index contributed by atoms with van der Waals surface area (Å²) in [7, 11) is 0. The number of rotatable bonds is 2. The van der Waals surface area contributed by atoms with Crippen LogP contribution in [0.3, 0.4) is 0 Å². The van der Waals surface area contributed by atoms with E-state index in [-0.39, 0.29) is 0 Å². The lowest BCUT2D eigenvalue weighted by molar-refractivity contribution is 1.28. The zero-order chi connectivity index (χ0) is 11.9. The molecule has 0 saturated heterocycles. The van der Waals surface area contributed by atoms with Crippen molar-refractivity contribution in [1.29, 1.82) is 0 Å². The molecule has 0 radical (unpaired) electrons. The molecule has 0 atom stereocenters. The first-order valence-electron chi connectivity index (χ1n) is 5.05. The summed E-state index contributed by atoms with van der Waals surface area (Å²) in [6.45, 7) is 0. The highest BCUT2D eigenvalue weighted by atomic mass is 32.1. The average Bonchev–Trinajstić information content (AvgIpc) is 2.85. The van der Waals surface area contributed by atoms with E-state index < -0.39 is 0 Å². The Hall–Kier alpha value is -2.21. The molecule has 0 fully saturated rings. The van der Waals surface area contributed by atoms with Crippen molar-refractivity contribution >= 4 is 17.0 Å². The molecule has 0 aliphatic carbocycles. The molecule has 17 heavy (non-hydrogen) atoms. The lowest BCUT2D eigenvalue weighted by Gasteiger charge is -1.98. The minimum Gasteiger partial charge on any atom is -0.135 e. The molecule has 4 heteroatoms. The van der Waals surface area contributed by atoms with Gasteiger partial charge in [-0.25, -0.2) is 0 Å². The molecule has 0 aliphatic heterocycles. The second-order valence-corrected chi connectivity index (χ2v) is 4.22. The summed E-state index contributed by atoms with van der Waals surface area (Å²) < 4.78 is 0. The second-order valence-electron chi connectivity index (χ2n) is 3.27. The number of azide groups is 1. The molecular formula is C13H9N3S. The van der Waals surface area contributed by atoms with Crippen molar-refractivity contribution in [2.45, 2.75) is 6.42 Å². The topological polar surface area (TPSA) is 48.8 Å². The fraction of sp³-hybridized carbons (Fsp3) is 0.0769. The Kier molecular flexibility index (Phi) is 3.82. The minimum atomic E-state index is 0.590. The fourth-order valence-electron chi connectivity index (χ4n) is 1.38. The third-order valence-electron chi connectivity index (χ3n) is 2.16. The van der Waals surface area contributed by atoms with Gasteiger partial charge in [0.1, 0.15) is 0 Å². The van der Waals surface area contributed by atoms with Crippen molar-refractivity contribution in [3.05, 3.63) is 62.7 Å². The Morgan fingerprint density at radius 2 is 2.12 bits per heavy atom. The molecule has 0 saturated carbocycles. The molecule has 0 spiro atoms. The van der Waals surface area contributed by atoms with Gasteiger partial charge >= 0.3 is 0 Å². The van der Waals surface area contributed by atoms with Gasteiger partial charge in [-0.05, 0) is 22.5 Å². The van der Waals surface area contributed by atoms with E-state index in [1.165, 1.54) is 0 Å². The molecule has 0 aliphatic rings. The normalized spacial score (nSPS) is 8.94. The third-order valence-corrected chi connectivity index (χ3v) is 2.94. The highest BCUT2D eigenvalue weighted by Gasteiger charge is 1.96. The summed E-state index contributed by atoms with van der Waals surface area (Å²) in [5, 5.41) is 5.64. The Bertz CT molecular complexity index is 599. The van der Waals surface area contributed by atoms with Crippen molar-refractivity contribution in [3.8, 4) is 11.8 Å². The van der Waals surface area contributed by atoms with Crippen LogP contribution in [0.1, 0.15) is 10.4 Å². The number of thiophene rings is 1. The average molecular weight is 239 g/mol. The predicted molar refractivity (Wildman–Crippen MR) is 70.1 cm³/mol. The minimum absolute atomic E-state index is 0.590. The molecule has 0 bridgehead atoms. The van der Waals surface area contributed by atoms with Gasteiger partial charge in [-0.3, -0.25) is 0 Å². The van der Waals surface area contributed by atoms with E-state index in [0.29, 0.717) is 12.1 Å². The van der Waals surface area contributed by atoms with Crippen LogP contribution >= 0.6 is 11.3 Å². The van der Waals surface area contributed by atoms with Crippen LogP contribution in [0.4, 0.5) is 5.69 Å². The lowest BCUT2D eigenvalue weighted by Crippen LogP contribution is -1.81. The van der Waals surface area contributed by atoms with Crippen LogP contribution in [-0.2, 0) is 6.42 Å². The van der Waals surface area contributed by atoms with E-state index in [4.69, 9.17) is 5.53 Å². The van der Waals surface area contributed by atoms with Crippen LogP contribution in [0.2, 0.25) is 0 Å². The maximum atomic E-state index is 8.44. The van der Waals surface area contributed by atoms with Crippen LogP contribution in [0.25, 0.3) is 10.4 Å². The van der Waals surface area contributed by atoms with Crippen LogP contribution in [0.5, 0.6) is 0 Å². The Labute approximate surface area is 103 Å². The molecule has 0 unspecified atom stereocenters. The Balaban J connectivity index is 2.16. The van der Waals surface area contributed by atoms with Gasteiger partial charge in [0.15, 0.2) is 0 Å². The first-order valence-corrected chi connectivity index (χ1v) is 5.93. The fourth-order valence-corrected chi connectivity index (χ4v) is 1.97. The molecule has 3 nitrogen and oxygen atoms in total. The first kappa shape index (κ1) is 11.3. The lowest BCUT2D eigenvalue weighted by atomic mass is 10.1. The Morgan fingerprint density at radius 1 is 1.24 bits per heavy atom. The predicted octanol–water partition coefficient (Wildman–Crippen LogP) is 4.28. The van der Waals surface area contributed by atoms with E-state index in [1.807, 2.05) is 35.7 Å². The highest BCUT2D eigenvalue weighted by molar-refractivity contribution is 7.10. The summed E-state index contributed by atoms with van der Waals surface area (Å²) in [6, 6.07) is 11.4. The van der Waals surface area contributed by atoms with Gasteiger partial charge < -0.3 is 0 Å². The molecule has 82 valence electrons. The number of hydrogen-bond acceptors (Lipinski definition) is 2. The standard InChI is InChI=1S/C13H9N3S/c14-16-15-13-9-2-1-5-11(13)6-3-7-12-8-4-10-17-12/h1-2,4-5,8-10H,6H2. The monoisotopic (exact) mass is 239 g/mol. The van der Waals surface area contributed by atoms with Crippen molar-refractivity contribution in [1.82, 2.24) is 0 Å². The molecular weight excluding hydrogens is 230 g/mol. The number of hydrogen-bond donors (Lipinski definition) is 0. The smallest absolute Gasteiger partial charge is 0.0768 e. The van der Waals surface area contributed by atoms with Gasteiger partial charge in [0, 0.05) is 17.0 Å². The number of nitrogens with zero attached hydrogens (tertiary/aromatic N) is 3. The second kappa shape index (κ2) is 5.76. The van der Waals surface area contributed by atoms with E-state index in [1.54, 1.807) is 17.4 Å². The van der Waals surface area contributed by atoms with Gasteiger partial charge in [-0.2, -0.15) is 0 Å². The third kappa shape index (κ3) is 3.12. The molecule has 0 amide bonds. The van der Waals surface area contributed by atoms with Crippen LogP contribution in [-0.4, -0.2) is 0 Å². The van der Waals surface area contributed by atoms with Crippen LogP contribution in [0, 0.1) is 11.8 Å². The summed E-state index contributed by atoms with van der Waals surface area (Å²) in [5.74, 6) is 6.16. The maximum absolute atomic E-state index is 8.44. The zero-order valence-corrected chi connectivity index (χ0v) is 9.81. The summed E-state index contributed by atoms with van der Waals surface area (Å²) in [5.41, 5.74) is 10.0. The molecule has 1 aromatic carbocycles. The van der Waals surface area contributed by atoms with Crippen LogP contribution in [0.15, 0.2) is 46.9 Å². The van der Waals surface area contributed by atoms with Gasteiger partial charge in [0.2, 0.25) is 0 Å². The molecule has 1 heterocycles. The van der Waals surface area contributed by atoms with Gasteiger partial charge in [0.25, 0.3) is 0 Å². The van der Waals surface area contributed by atoms with Gasteiger partial charge in [0.05, 0.1) is 4.88 Å². The van der Waals surface area contributed by atoms with Crippen LogP contribution < -0.4 is 0 Å². The summed E-state index contributed by atoms with van der Waals surface area (Å²) in [4.78, 5) is 3.85. The zero-order valence-electron chi connectivity index (χ0n) is 9.00. The van der Waals surface area contributed by atoms with Gasteiger partial charge in [-0.15, -0.1) is 11.3 Å². The van der Waals surface area contributed by atoms with Gasteiger partial charge in [-0.1, -0.05) is 47.3 Å². The van der Waals surface area contributed by atoms with E-state index in [0.717, 1.165) is 10.4 Å². The maximum Gasteiger partial charge on any atom is 0.0768 e. The number of benzene rings is 1. The molecule has 2 rings (SSSR count).